The van der Waals surface area contributed by atoms with Gasteiger partial charge in [0.2, 0.25) is 5.91 Å². The molecule has 0 unspecified atom stereocenters. The van der Waals surface area contributed by atoms with Crippen molar-refractivity contribution in [2.75, 3.05) is 30.9 Å². The maximum atomic E-state index is 12.2. The van der Waals surface area contributed by atoms with Gasteiger partial charge in [-0.25, -0.2) is 0 Å². The number of rotatable bonds is 7. The van der Waals surface area contributed by atoms with Crippen LogP contribution in [0.3, 0.4) is 0 Å². The molecule has 1 N–H and O–H groups in total. The number of nitrogens with zero attached hydrogens (tertiary/aromatic N) is 2. The molecule has 1 aliphatic rings. The van der Waals surface area contributed by atoms with E-state index in [0.29, 0.717) is 0 Å². The van der Waals surface area contributed by atoms with Crippen molar-refractivity contribution in [1.29, 1.82) is 5.26 Å². The van der Waals surface area contributed by atoms with Gasteiger partial charge in [0.25, 0.3) is 5.91 Å². The van der Waals surface area contributed by atoms with Crippen LogP contribution in [0.4, 0.5) is 5.69 Å². The van der Waals surface area contributed by atoms with Crippen LogP contribution in [0, 0.1) is 17.2 Å². The lowest BCUT2D eigenvalue weighted by Gasteiger charge is -2.17. The maximum Gasteiger partial charge on any atom is 0.311 e. The minimum Gasteiger partial charge on any atom is -0.455 e. The fraction of sp³-hybridized carbons (Fsp3) is 0.412. The average Bonchev–Trinajstić information content (AvgIpc) is 3.02. The second-order valence-electron chi connectivity index (χ2n) is 5.47. The Morgan fingerprint density at radius 2 is 2.28 bits per heavy atom. The third kappa shape index (κ3) is 5.22. The lowest BCUT2D eigenvalue weighted by molar-refractivity contribution is -0.152. The van der Waals surface area contributed by atoms with E-state index in [0.717, 1.165) is 10.6 Å². The van der Waals surface area contributed by atoms with Crippen molar-refractivity contribution < 1.29 is 19.1 Å². The summed E-state index contributed by atoms with van der Waals surface area (Å²) in [6, 6.07) is 9.44. The molecule has 1 saturated heterocycles. The minimum atomic E-state index is -0.586. The van der Waals surface area contributed by atoms with Gasteiger partial charge in [-0.3, -0.25) is 14.4 Å². The number of benzene rings is 1. The van der Waals surface area contributed by atoms with Crippen LogP contribution in [0.25, 0.3) is 0 Å². The zero-order valence-electron chi connectivity index (χ0n) is 13.9. The van der Waals surface area contributed by atoms with Gasteiger partial charge >= 0.3 is 5.97 Å². The number of amides is 2. The quantitative estimate of drug-likeness (QED) is 0.447. The van der Waals surface area contributed by atoms with E-state index in [9.17, 15) is 14.4 Å². The van der Waals surface area contributed by atoms with Crippen LogP contribution in [0.5, 0.6) is 0 Å². The fourth-order valence-electron chi connectivity index (χ4n) is 2.46. The summed E-state index contributed by atoms with van der Waals surface area (Å²) in [4.78, 5) is 38.4. The molecular formula is C17H19N3O4S. The average molecular weight is 361 g/mol. The molecule has 0 aromatic heterocycles. The molecule has 2 amide bonds. The smallest absolute Gasteiger partial charge is 0.311 e. The molecule has 1 fully saturated rings. The number of nitrogens with one attached hydrogen (secondary N) is 1. The summed E-state index contributed by atoms with van der Waals surface area (Å²) in [7, 11) is 0. The van der Waals surface area contributed by atoms with E-state index < -0.39 is 24.4 Å². The highest BCUT2D eigenvalue weighted by Crippen LogP contribution is 2.28. The van der Waals surface area contributed by atoms with Gasteiger partial charge in [0.1, 0.15) is 0 Å². The van der Waals surface area contributed by atoms with Gasteiger partial charge in [-0.2, -0.15) is 5.26 Å². The third-order valence-electron chi connectivity index (χ3n) is 3.73. The van der Waals surface area contributed by atoms with Crippen LogP contribution in [0.2, 0.25) is 0 Å². The lowest BCUT2D eigenvalue weighted by atomic mass is 10.1. The second kappa shape index (κ2) is 9.08. The zero-order chi connectivity index (χ0) is 18.2. The lowest BCUT2D eigenvalue weighted by Crippen LogP contribution is -2.31. The number of thioether (sulfide) groups is 1. The van der Waals surface area contributed by atoms with E-state index in [2.05, 4.69) is 5.32 Å². The van der Waals surface area contributed by atoms with E-state index in [4.69, 9.17) is 10.00 Å². The van der Waals surface area contributed by atoms with E-state index >= 15 is 0 Å². The molecule has 1 aromatic rings. The first-order valence-corrected chi connectivity index (χ1v) is 9.02. The highest BCUT2D eigenvalue weighted by molar-refractivity contribution is 7.98. The Morgan fingerprint density at radius 1 is 1.48 bits per heavy atom. The Hall–Kier alpha value is -2.53. The number of esters is 1. The number of ether oxygens (including phenoxy) is 1. The van der Waals surface area contributed by atoms with Gasteiger partial charge in [0.15, 0.2) is 6.61 Å². The number of nitriles is 1. The SMILES string of the molecule is CSc1cccc(N2C[C@H](C(=O)OCC(=O)NCCC#N)CC2=O)c1. The van der Waals surface area contributed by atoms with Crippen LogP contribution in [-0.2, 0) is 19.1 Å². The predicted octanol–water partition coefficient (Wildman–Crippen LogP) is 1.33. The molecule has 0 radical (unpaired) electrons. The largest absolute Gasteiger partial charge is 0.455 e. The molecule has 0 spiro atoms. The van der Waals surface area contributed by atoms with Crippen LogP contribution in [-0.4, -0.2) is 43.7 Å². The molecule has 1 heterocycles. The molecule has 0 bridgehead atoms. The first-order valence-electron chi connectivity index (χ1n) is 7.80. The molecule has 25 heavy (non-hydrogen) atoms. The summed E-state index contributed by atoms with van der Waals surface area (Å²) >= 11 is 1.58. The molecule has 1 aromatic carbocycles. The Kier molecular flexibility index (Phi) is 6.83. The molecule has 8 heteroatoms. The third-order valence-corrected chi connectivity index (χ3v) is 4.45. The van der Waals surface area contributed by atoms with Gasteiger partial charge in [0.05, 0.1) is 18.4 Å². The van der Waals surface area contributed by atoms with Crippen LogP contribution >= 0.6 is 11.8 Å². The first-order chi connectivity index (χ1) is 12.0. The second-order valence-corrected chi connectivity index (χ2v) is 6.35. The standard InChI is InChI=1S/C17H19N3O4S/c1-25-14-5-2-4-13(9-14)20-10-12(8-16(20)22)17(23)24-11-15(21)19-7-3-6-18/h2,4-5,9,12H,3,7-8,10-11H2,1H3,(H,19,21)/t12-/m1/s1. The number of carbonyl (C=O) groups is 3. The Bertz CT molecular complexity index is 701. The van der Waals surface area contributed by atoms with Crippen molar-refractivity contribution in [3.8, 4) is 6.07 Å². The summed E-state index contributed by atoms with van der Waals surface area (Å²) in [6.45, 7) is 0.0524. The molecule has 1 atom stereocenters. The van der Waals surface area contributed by atoms with Crippen molar-refractivity contribution in [2.45, 2.75) is 17.7 Å². The zero-order valence-corrected chi connectivity index (χ0v) is 14.7. The van der Waals surface area contributed by atoms with E-state index in [1.54, 1.807) is 16.7 Å². The van der Waals surface area contributed by atoms with Crippen LogP contribution in [0.15, 0.2) is 29.2 Å². The summed E-state index contributed by atoms with van der Waals surface area (Å²) in [5.41, 5.74) is 0.751. The minimum absolute atomic E-state index is 0.0678. The van der Waals surface area contributed by atoms with Crippen molar-refractivity contribution >= 4 is 35.2 Å². The van der Waals surface area contributed by atoms with Crippen LogP contribution in [0.1, 0.15) is 12.8 Å². The van der Waals surface area contributed by atoms with Crippen LogP contribution < -0.4 is 10.2 Å². The van der Waals surface area contributed by atoms with Gasteiger partial charge in [-0.05, 0) is 24.5 Å². The molecule has 2 rings (SSSR count). The topological polar surface area (TPSA) is 99.5 Å². The van der Waals surface area contributed by atoms with Gasteiger partial charge in [-0.15, -0.1) is 11.8 Å². The van der Waals surface area contributed by atoms with Gasteiger partial charge in [-0.1, -0.05) is 6.07 Å². The predicted molar refractivity (Wildman–Crippen MR) is 92.9 cm³/mol. The summed E-state index contributed by atoms with van der Waals surface area (Å²) in [5, 5.41) is 10.9. The van der Waals surface area contributed by atoms with E-state index in [-0.39, 0.29) is 31.8 Å². The van der Waals surface area contributed by atoms with Crippen molar-refractivity contribution in [3.63, 3.8) is 0 Å². The molecule has 7 nitrogen and oxygen atoms in total. The molecule has 132 valence electrons. The highest BCUT2D eigenvalue weighted by atomic mass is 32.2. The Morgan fingerprint density at radius 3 is 3.00 bits per heavy atom. The van der Waals surface area contributed by atoms with Gasteiger partial charge in [0, 0.05) is 30.1 Å². The number of carbonyl (C=O) groups excluding carboxylic acids is 3. The van der Waals surface area contributed by atoms with E-state index in [1.165, 1.54) is 0 Å². The number of hydrogen-bond donors (Lipinski definition) is 1. The molecule has 0 saturated carbocycles. The molecular weight excluding hydrogens is 342 g/mol. The van der Waals surface area contributed by atoms with Gasteiger partial charge < -0.3 is 15.0 Å². The van der Waals surface area contributed by atoms with Crippen molar-refractivity contribution in [3.05, 3.63) is 24.3 Å². The number of anilines is 1. The van der Waals surface area contributed by atoms with E-state index in [1.807, 2.05) is 36.6 Å². The van der Waals surface area contributed by atoms with Crippen molar-refractivity contribution in [2.24, 2.45) is 5.92 Å². The summed E-state index contributed by atoms with van der Waals surface area (Å²) in [5.74, 6) is -1.75. The molecule has 1 aliphatic heterocycles. The maximum absolute atomic E-state index is 12.2. The fourth-order valence-corrected chi connectivity index (χ4v) is 2.91. The summed E-state index contributed by atoms with van der Waals surface area (Å²) in [6.07, 6.45) is 2.21. The molecule has 0 aliphatic carbocycles. The highest BCUT2D eigenvalue weighted by Gasteiger charge is 2.36. The van der Waals surface area contributed by atoms with Crippen molar-refractivity contribution in [1.82, 2.24) is 5.32 Å². The monoisotopic (exact) mass is 361 g/mol. The normalized spacial score (nSPS) is 16.4. The summed E-state index contributed by atoms with van der Waals surface area (Å²) < 4.78 is 4.98. The Balaban J connectivity index is 1.87. The number of hydrogen-bond acceptors (Lipinski definition) is 6. The Labute approximate surface area is 150 Å². The first kappa shape index (κ1) is 18.8.